The lowest BCUT2D eigenvalue weighted by Crippen LogP contribution is -2.49. The molecule has 0 unspecified atom stereocenters. The Morgan fingerprint density at radius 2 is 2.00 bits per heavy atom. The van der Waals surface area contributed by atoms with E-state index in [0.29, 0.717) is 49.6 Å². The van der Waals surface area contributed by atoms with E-state index in [4.69, 9.17) is 0 Å². The first-order valence-electron chi connectivity index (χ1n) is 12.0. The number of aromatic nitrogens is 2. The van der Waals surface area contributed by atoms with Crippen LogP contribution in [0.5, 0.6) is 5.75 Å². The number of benzene rings is 1. The van der Waals surface area contributed by atoms with Gasteiger partial charge in [0.1, 0.15) is 11.6 Å². The Morgan fingerprint density at radius 1 is 1.18 bits per heavy atom. The molecular formula is C25H31N5O3S. The fraction of sp³-hybridized carbons (Fsp3) is 0.480. The molecule has 1 atom stereocenters. The highest BCUT2D eigenvalue weighted by molar-refractivity contribution is 7.17. The summed E-state index contributed by atoms with van der Waals surface area (Å²) in [5.41, 5.74) is 2.31. The molecule has 9 heteroatoms. The Morgan fingerprint density at radius 3 is 2.79 bits per heavy atom. The second kappa shape index (κ2) is 9.85. The van der Waals surface area contributed by atoms with Crippen molar-refractivity contribution in [2.24, 2.45) is 0 Å². The number of aromatic hydroxyl groups is 1. The number of carbonyl (C=O) groups is 1. The standard InChI is InChI=1S/C25H31N5O3S/c1-16-13-22(27-28-24(16)20-4-5-21-19(25(20)33)8-12-34-21)26-17-3-2-9-29(14-17)15-23(32)30-10-6-18(31)7-11-30/h4-5,8,12-13,17-18,31,33H,2-3,6-7,9-11,14-15H2,1H3,(H,26,27)/t17-/m1/s1. The van der Waals surface area contributed by atoms with Crippen LogP contribution in [0.3, 0.4) is 0 Å². The summed E-state index contributed by atoms with van der Waals surface area (Å²) >= 11 is 1.60. The van der Waals surface area contributed by atoms with Crippen molar-refractivity contribution in [3.63, 3.8) is 0 Å². The van der Waals surface area contributed by atoms with Gasteiger partial charge in [0, 0.05) is 41.3 Å². The zero-order valence-corrected chi connectivity index (χ0v) is 20.2. The molecule has 0 spiro atoms. The minimum absolute atomic E-state index is 0.148. The van der Waals surface area contributed by atoms with Crippen LogP contribution in [0.2, 0.25) is 0 Å². The zero-order chi connectivity index (χ0) is 23.7. The first-order chi connectivity index (χ1) is 16.5. The molecular weight excluding hydrogens is 450 g/mol. The highest BCUT2D eigenvalue weighted by Gasteiger charge is 2.26. The molecule has 3 aromatic rings. The first kappa shape index (κ1) is 23.0. The van der Waals surface area contributed by atoms with E-state index in [9.17, 15) is 15.0 Å². The fourth-order valence-corrected chi connectivity index (χ4v) is 5.76. The number of aryl methyl sites for hydroxylation is 1. The van der Waals surface area contributed by atoms with Crippen molar-refractivity contribution in [2.45, 2.75) is 44.8 Å². The maximum Gasteiger partial charge on any atom is 0.236 e. The van der Waals surface area contributed by atoms with E-state index < -0.39 is 0 Å². The molecule has 3 N–H and O–H groups in total. The van der Waals surface area contributed by atoms with Gasteiger partial charge in [0.15, 0.2) is 0 Å². The number of aliphatic hydroxyl groups excluding tert-OH is 1. The number of hydrogen-bond donors (Lipinski definition) is 3. The van der Waals surface area contributed by atoms with Crippen molar-refractivity contribution >= 4 is 33.1 Å². The summed E-state index contributed by atoms with van der Waals surface area (Å²) in [6, 6.07) is 8.00. The zero-order valence-electron chi connectivity index (χ0n) is 19.4. The maximum atomic E-state index is 12.7. The lowest BCUT2D eigenvalue weighted by molar-refractivity contribution is -0.134. The summed E-state index contributed by atoms with van der Waals surface area (Å²) in [4.78, 5) is 16.8. The predicted molar refractivity (Wildman–Crippen MR) is 134 cm³/mol. The number of rotatable bonds is 5. The summed E-state index contributed by atoms with van der Waals surface area (Å²) in [6.45, 7) is 5.38. The van der Waals surface area contributed by atoms with Crippen LogP contribution in [-0.4, -0.2) is 81.0 Å². The van der Waals surface area contributed by atoms with Crippen molar-refractivity contribution < 1.29 is 15.0 Å². The Hall–Kier alpha value is -2.75. The molecule has 2 aliphatic heterocycles. The molecule has 1 amide bonds. The number of phenols is 1. The van der Waals surface area contributed by atoms with E-state index in [1.54, 1.807) is 11.3 Å². The van der Waals surface area contributed by atoms with Crippen LogP contribution in [0, 0.1) is 6.92 Å². The smallest absolute Gasteiger partial charge is 0.236 e. The number of nitrogens with one attached hydrogen (secondary N) is 1. The molecule has 0 bridgehead atoms. The molecule has 2 aromatic heterocycles. The van der Waals surface area contributed by atoms with Crippen molar-refractivity contribution in [2.75, 3.05) is 38.0 Å². The molecule has 2 fully saturated rings. The summed E-state index contributed by atoms with van der Waals surface area (Å²) in [6.07, 6.45) is 3.10. The third kappa shape index (κ3) is 4.87. The van der Waals surface area contributed by atoms with Crippen LogP contribution in [0.25, 0.3) is 21.3 Å². The summed E-state index contributed by atoms with van der Waals surface area (Å²) in [7, 11) is 0. The average Bonchev–Trinajstić information content (AvgIpc) is 3.31. The summed E-state index contributed by atoms with van der Waals surface area (Å²) in [5.74, 6) is 1.10. The number of fused-ring (bicyclic) bond motifs is 1. The van der Waals surface area contributed by atoms with Crippen LogP contribution < -0.4 is 5.32 Å². The van der Waals surface area contributed by atoms with Gasteiger partial charge in [-0.1, -0.05) is 0 Å². The minimum atomic E-state index is -0.272. The van der Waals surface area contributed by atoms with E-state index >= 15 is 0 Å². The molecule has 4 heterocycles. The van der Waals surface area contributed by atoms with Crippen LogP contribution in [-0.2, 0) is 4.79 Å². The average molecular weight is 482 g/mol. The fourth-order valence-electron chi connectivity index (χ4n) is 4.97. The number of amides is 1. The van der Waals surface area contributed by atoms with Gasteiger partial charge in [-0.05, 0) is 74.4 Å². The Kier molecular flexibility index (Phi) is 6.67. The monoisotopic (exact) mass is 481 g/mol. The van der Waals surface area contributed by atoms with Gasteiger partial charge in [-0.25, -0.2) is 0 Å². The van der Waals surface area contributed by atoms with Crippen LogP contribution in [0.4, 0.5) is 5.82 Å². The lowest BCUT2D eigenvalue weighted by atomic mass is 10.0. The van der Waals surface area contributed by atoms with E-state index in [1.165, 1.54) is 0 Å². The van der Waals surface area contributed by atoms with Gasteiger partial charge >= 0.3 is 0 Å². The highest BCUT2D eigenvalue weighted by Crippen LogP contribution is 2.38. The van der Waals surface area contributed by atoms with Crippen LogP contribution in [0.15, 0.2) is 29.6 Å². The first-order valence-corrected chi connectivity index (χ1v) is 12.8. The number of phenolic OH excluding ortho intramolecular Hbond substituents is 1. The molecule has 0 aliphatic carbocycles. The quantitative estimate of drug-likeness (QED) is 0.514. The van der Waals surface area contributed by atoms with Gasteiger partial charge in [0.05, 0.1) is 18.3 Å². The van der Waals surface area contributed by atoms with Crippen molar-refractivity contribution in [1.29, 1.82) is 0 Å². The summed E-state index contributed by atoms with van der Waals surface area (Å²) < 4.78 is 1.04. The molecule has 2 saturated heterocycles. The molecule has 180 valence electrons. The molecule has 0 saturated carbocycles. The largest absolute Gasteiger partial charge is 0.507 e. The van der Waals surface area contributed by atoms with Crippen LogP contribution in [0.1, 0.15) is 31.2 Å². The molecule has 0 radical (unpaired) electrons. The number of hydrogen-bond acceptors (Lipinski definition) is 8. The van der Waals surface area contributed by atoms with Gasteiger partial charge in [-0.15, -0.1) is 21.5 Å². The number of nitrogens with zero attached hydrogens (tertiary/aromatic N) is 4. The van der Waals surface area contributed by atoms with E-state index in [0.717, 1.165) is 41.6 Å². The van der Waals surface area contributed by atoms with Crippen LogP contribution >= 0.6 is 11.3 Å². The lowest BCUT2D eigenvalue weighted by Gasteiger charge is -2.35. The second-order valence-corrected chi connectivity index (χ2v) is 10.3. The van der Waals surface area contributed by atoms with E-state index in [-0.39, 0.29) is 23.8 Å². The van der Waals surface area contributed by atoms with Gasteiger partial charge in [0.2, 0.25) is 5.91 Å². The number of piperidine rings is 2. The van der Waals surface area contributed by atoms with Gasteiger partial charge in [-0.2, -0.15) is 0 Å². The SMILES string of the molecule is Cc1cc(N[C@@H]2CCCN(CC(=O)N3CCC(O)CC3)C2)nnc1-c1ccc2sccc2c1O. The number of aliphatic hydroxyl groups is 1. The Labute approximate surface area is 203 Å². The molecule has 2 aliphatic rings. The number of thiophene rings is 1. The van der Waals surface area contributed by atoms with E-state index in [1.807, 2.05) is 41.5 Å². The maximum absolute atomic E-state index is 12.7. The number of carbonyl (C=O) groups excluding carboxylic acids is 1. The number of anilines is 1. The van der Waals surface area contributed by atoms with Crippen molar-refractivity contribution in [3.05, 3.63) is 35.2 Å². The minimum Gasteiger partial charge on any atom is -0.507 e. The Bertz CT molecular complexity index is 1170. The topological polar surface area (TPSA) is 102 Å². The van der Waals surface area contributed by atoms with Gasteiger partial charge < -0.3 is 20.4 Å². The van der Waals surface area contributed by atoms with Gasteiger partial charge in [0.25, 0.3) is 0 Å². The second-order valence-electron chi connectivity index (χ2n) is 9.39. The molecule has 8 nitrogen and oxygen atoms in total. The highest BCUT2D eigenvalue weighted by atomic mass is 32.1. The predicted octanol–water partition coefficient (Wildman–Crippen LogP) is 3.23. The third-order valence-corrected chi connectivity index (χ3v) is 7.76. The molecule has 5 rings (SSSR count). The van der Waals surface area contributed by atoms with Crippen molar-refractivity contribution in [3.8, 4) is 17.0 Å². The third-order valence-electron chi connectivity index (χ3n) is 6.88. The van der Waals surface area contributed by atoms with Gasteiger partial charge in [-0.3, -0.25) is 9.69 Å². The molecule has 34 heavy (non-hydrogen) atoms. The van der Waals surface area contributed by atoms with E-state index in [2.05, 4.69) is 20.4 Å². The molecule has 1 aromatic carbocycles. The normalized spacial score (nSPS) is 20.1. The Balaban J connectivity index is 1.22. The van der Waals surface area contributed by atoms with Crippen molar-refractivity contribution in [1.82, 2.24) is 20.0 Å². The summed E-state index contributed by atoms with van der Waals surface area (Å²) in [5, 5.41) is 35.5. The number of likely N-dealkylation sites (tertiary alicyclic amines) is 2.